The van der Waals surface area contributed by atoms with E-state index in [1.807, 2.05) is 37.8 Å². The summed E-state index contributed by atoms with van der Waals surface area (Å²) in [6.07, 6.45) is 0. The highest BCUT2D eigenvalue weighted by Crippen LogP contribution is 2.22. The molecular weight excluding hydrogens is 276 g/mol. The summed E-state index contributed by atoms with van der Waals surface area (Å²) < 4.78 is 5.29. The fraction of sp³-hybridized carbons (Fsp3) is 0.533. The minimum atomic E-state index is -0.237. The van der Waals surface area contributed by atoms with Crippen LogP contribution < -0.4 is 10.1 Å². The Morgan fingerprint density at radius 2 is 2.05 bits per heavy atom. The van der Waals surface area contributed by atoms with Crippen molar-refractivity contribution in [1.29, 1.82) is 0 Å². The topological polar surface area (TPSA) is 41.6 Å². The van der Waals surface area contributed by atoms with Gasteiger partial charge in [-0.2, -0.15) is 0 Å². The predicted molar refractivity (Wildman–Crippen MR) is 82.2 cm³/mol. The highest BCUT2D eigenvalue weighted by Gasteiger charge is 2.17. The second kappa shape index (κ2) is 8.12. The third kappa shape index (κ3) is 4.39. The largest absolute Gasteiger partial charge is 0.496 e. The molecular formula is C15H23ClN2O2. The molecule has 20 heavy (non-hydrogen) atoms. The first-order valence-electron chi connectivity index (χ1n) is 6.88. The number of nitrogens with zero attached hydrogens (tertiary/aromatic N) is 1. The van der Waals surface area contributed by atoms with Crippen molar-refractivity contribution in [1.82, 2.24) is 10.2 Å². The van der Waals surface area contributed by atoms with Crippen molar-refractivity contribution in [2.75, 3.05) is 20.2 Å². The third-order valence-electron chi connectivity index (χ3n) is 3.29. The fourth-order valence-electron chi connectivity index (χ4n) is 2.04. The first kappa shape index (κ1) is 16.8. The zero-order valence-corrected chi connectivity index (χ0v) is 13.3. The van der Waals surface area contributed by atoms with Crippen LogP contribution in [0.4, 0.5) is 0 Å². The van der Waals surface area contributed by atoms with Crippen LogP contribution in [0.25, 0.3) is 0 Å². The maximum atomic E-state index is 12.2. The number of carbonyl (C=O) groups is 1. The highest BCUT2D eigenvalue weighted by atomic mass is 35.5. The molecule has 0 saturated heterocycles. The Balaban J connectivity index is 2.67. The fourth-order valence-corrected chi connectivity index (χ4v) is 2.24. The monoisotopic (exact) mass is 298 g/mol. The zero-order valence-electron chi connectivity index (χ0n) is 12.6. The smallest absolute Gasteiger partial charge is 0.239 e. The molecule has 1 atom stereocenters. The molecule has 1 aromatic carbocycles. The van der Waals surface area contributed by atoms with Crippen molar-refractivity contribution >= 4 is 17.5 Å². The van der Waals surface area contributed by atoms with Gasteiger partial charge in [-0.25, -0.2) is 0 Å². The van der Waals surface area contributed by atoms with Crippen LogP contribution in [0.2, 0.25) is 5.02 Å². The first-order valence-corrected chi connectivity index (χ1v) is 7.25. The van der Waals surface area contributed by atoms with Gasteiger partial charge >= 0.3 is 0 Å². The van der Waals surface area contributed by atoms with Gasteiger partial charge < -0.3 is 15.0 Å². The van der Waals surface area contributed by atoms with Gasteiger partial charge in [0.05, 0.1) is 13.2 Å². The van der Waals surface area contributed by atoms with Crippen molar-refractivity contribution in [3.8, 4) is 5.75 Å². The number of nitrogens with one attached hydrogen (secondary N) is 1. The summed E-state index contributed by atoms with van der Waals surface area (Å²) in [5.41, 5.74) is 0.944. The molecule has 0 spiro atoms. The van der Waals surface area contributed by atoms with Gasteiger partial charge in [0.25, 0.3) is 0 Å². The quantitative estimate of drug-likeness (QED) is 0.841. The summed E-state index contributed by atoms with van der Waals surface area (Å²) in [5, 5.41) is 3.88. The van der Waals surface area contributed by atoms with E-state index in [9.17, 15) is 4.79 Å². The molecule has 0 saturated carbocycles. The van der Waals surface area contributed by atoms with Crippen LogP contribution >= 0.6 is 11.6 Å². The van der Waals surface area contributed by atoms with E-state index < -0.39 is 0 Å². The Morgan fingerprint density at radius 3 is 2.60 bits per heavy atom. The van der Waals surface area contributed by atoms with Crippen LogP contribution in [0.1, 0.15) is 26.3 Å². The number of hydrogen-bond acceptors (Lipinski definition) is 3. The van der Waals surface area contributed by atoms with Crippen LogP contribution in [-0.2, 0) is 11.3 Å². The van der Waals surface area contributed by atoms with Gasteiger partial charge in [0.2, 0.25) is 5.91 Å². The van der Waals surface area contributed by atoms with Crippen LogP contribution in [0.15, 0.2) is 18.2 Å². The van der Waals surface area contributed by atoms with Gasteiger partial charge in [-0.3, -0.25) is 4.79 Å². The SMILES string of the molecule is CCN(CC)C(=O)C(C)NCc1cc(Cl)ccc1OC. The number of halogens is 1. The maximum Gasteiger partial charge on any atom is 0.239 e. The van der Waals surface area contributed by atoms with E-state index in [-0.39, 0.29) is 11.9 Å². The third-order valence-corrected chi connectivity index (χ3v) is 3.52. The van der Waals surface area contributed by atoms with Crippen molar-refractivity contribution in [3.05, 3.63) is 28.8 Å². The number of ether oxygens (including phenoxy) is 1. The second-order valence-corrected chi connectivity index (χ2v) is 5.01. The molecule has 0 aliphatic carbocycles. The van der Waals surface area contributed by atoms with E-state index in [1.54, 1.807) is 13.2 Å². The molecule has 1 aromatic rings. The summed E-state index contributed by atoms with van der Waals surface area (Å²) in [6, 6.07) is 5.23. The Kier molecular flexibility index (Phi) is 6.82. The number of methoxy groups -OCH3 is 1. The minimum Gasteiger partial charge on any atom is -0.496 e. The molecule has 5 heteroatoms. The molecule has 1 unspecified atom stereocenters. The Morgan fingerprint density at radius 1 is 1.40 bits per heavy atom. The molecule has 0 aliphatic heterocycles. The van der Waals surface area contributed by atoms with Gasteiger partial charge in [-0.1, -0.05) is 11.6 Å². The van der Waals surface area contributed by atoms with Gasteiger partial charge in [-0.05, 0) is 39.0 Å². The van der Waals surface area contributed by atoms with Crippen LogP contribution in [0, 0.1) is 0 Å². The van der Waals surface area contributed by atoms with Crippen molar-refractivity contribution in [3.63, 3.8) is 0 Å². The first-order chi connectivity index (χ1) is 9.53. The number of carbonyl (C=O) groups excluding carboxylic acids is 1. The lowest BCUT2D eigenvalue weighted by Crippen LogP contribution is -2.44. The van der Waals surface area contributed by atoms with E-state index in [4.69, 9.17) is 16.3 Å². The Bertz CT molecular complexity index is 447. The minimum absolute atomic E-state index is 0.107. The molecule has 112 valence electrons. The predicted octanol–water partition coefficient (Wildman–Crippen LogP) is 2.70. The van der Waals surface area contributed by atoms with Gasteiger partial charge in [0.1, 0.15) is 5.75 Å². The molecule has 1 amide bonds. The highest BCUT2D eigenvalue weighted by molar-refractivity contribution is 6.30. The number of rotatable bonds is 7. The molecule has 0 fully saturated rings. The molecule has 0 heterocycles. The van der Waals surface area contributed by atoms with E-state index in [2.05, 4.69) is 5.32 Å². The lowest BCUT2D eigenvalue weighted by Gasteiger charge is -2.23. The van der Waals surface area contributed by atoms with Crippen molar-refractivity contribution in [2.45, 2.75) is 33.4 Å². The summed E-state index contributed by atoms with van der Waals surface area (Å²) in [6.45, 7) is 7.82. The second-order valence-electron chi connectivity index (χ2n) is 4.57. The van der Waals surface area contributed by atoms with Gasteiger partial charge in [0.15, 0.2) is 0 Å². The van der Waals surface area contributed by atoms with Gasteiger partial charge in [-0.15, -0.1) is 0 Å². The maximum absolute atomic E-state index is 12.2. The summed E-state index contributed by atoms with van der Waals surface area (Å²) in [7, 11) is 1.62. The standard InChI is InChI=1S/C15H23ClN2O2/c1-5-18(6-2)15(19)11(3)17-10-12-9-13(16)7-8-14(12)20-4/h7-9,11,17H,5-6,10H2,1-4H3. The van der Waals surface area contributed by atoms with Crippen LogP contribution in [0.3, 0.4) is 0 Å². The van der Waals surface area contributed by atoms with E-state index >= 15 is 0 Å². The lowest BCUT2D eigenvalue weighted by molar-refractivity contribution is -0.132. The number of amides is 1. The normalized spacial score (nSPS) is 12.1. The summed E-state index contributed by atoms with van der Waals surface area (Å²) >= 11 is 5.99. The molecule has 0 aliphatic rings. The lowest BCUT2D eigenvalue weighted by atomic mass is 10.2. The van der Waals surface area contributed by atoms with Crippen LogP contribution in [-0.4, -0.2) is 37.0 Å². The summed E-state index contributed by atoms with van der Waals surface area (Å²) in [4.78, 5) is 14.0. The average molecular weight is 299 g/mol. The van der Waals surface area contributed by atoms with E-state index in [1.165, 1.54) is 0 Å². The number of likely N-dealkylation sites (N-methyl/N-ethyl adjacent to an activating group) is 1. The molecule has 1 rings (SSSR count). The Hall–Kier alpha value is -1.26. The number of benzene rings is 1. The molecule has 0 aromatic heterocycles. The molecule has 4 nitrogen and oxygen atoms in total. The average Bonchev–Trinajstić information content (AvgIpc) is 2.46. The van der Waals surface area contributed by atoms with Crippen molar-refractivity contribution < 1.29 is 9.53 Å². The Labute approximate surface area is 126 Å². The van der Waals surface area contributed by atoms with Crippen molar-refractivity contribution in [2.24, 2.45) is 0 Å². The molecule has 1 N–H and O–H groups in total. The summed E-state index contributed by atoms with van der Waals surface area (Å²) in [5.74, 6) is 0.875. The van der Waals surface area contributed by atoms with Gasteiger partial charge in [0, 0.05) is 30.2 Å². The van der Waals surface area contributed by atoms with Crippen LogP contribution in [0.5, 0.6) is 5.75 Å². The van der Waals surface area contributed by atoms with E-state index in [0.717, 1.165) is 24.4 Å². The van der Waals surface area contributed by atoms with E-state index in [0.29, 0.717) is 11.6 Å². The zero-order chi connectivity index (χ0) is 15.1. The molecule has 0 radical (unpaired) electrons. The number of hydrogen-bond donors (Lipinski definition) is 1. The molecule has 0 bridgehead atoms.